The number of rotatable bonds is 3. The molecule has 8 nitrogen and oxygen atoms in total. The fourth-order valence-corrected chi connectivity index (χ4v) is 5.00. The number of halogens is 4. The van der Waals surface area contributed by atoms with Gasteiger partial charge in [0, 0.05) is 29.6 Å². The van der Waals surface area contributed by atoms with Crippen molar-refractivity contribution in [3.63, 3.8) is 0 Å². The monoisotopic (exact) mass is 527 g/mol. The molecule has 1 amide bonds. The Morgan fingerprint density at radius 2 is 2.00 bits per heavy atom. The molecule has 2 aromatic heterocycles. The van der Waals surface area contributed by atoms with E-state index in [1.807, 2.05) is 11.0 Å². The van der Waals surface area contributed by atoms with Gasteiger partial charge in [-0.3, -0.25) is 4.79 Å². The van der Waals surface area contributed by atoms with E-state index in [0.29, 0.717) is 36.2 Å². The van der Waals surface area contributed by atoms with Gasteiger partial charge in [-0.05, 0) is 43.5 Å². The molecule has 12 heteroatoms. The Hall–Kier alpha value is -3.91. The zero-order chi connectivity index (χ0) is 26.5. The molecule has 0 radical (unpaired) electrons. The van der Waals surface area contributed by atoms with E-state index in [0.717, 1.165) is 12.0 Å². The molecule has 2 aliphatic rings. The molecule has 0 bridgehead atoms. The number of hydrogen-bond donors (Lipinski definition) is 1. The third-order valence-corrected chi connectivity index (χ3v) is 6.96. The van der Waals surface area contributed by atoms with Gasteiger partial charge in [0.1, 0.15) is 24.0 Å². The number of pyridine rings is 1. The Morgan fingerprint density at radius 1 is 1.24 bits per heavy atom. The van der Waals surface area contributed by atoms with Crippen LogP contribution in [-0.2, 0) is 11.0 Å². The largest absolute Gasteiger partial charge is 0.418 e. The fraction of sp³-hybridized carbons (Fsp3) is 0.320. The minimum atomic E-state index is -4.67. The van der Waals surface area contributed by atoms with Gasteiger partial charge in [0.05, 0.1) is 34.4 Å². The molecule has 5 rings (SSSR count). The van der Waals surface area contributed by atoms with Gasteiger partial charge in [0.25, 0.3) is 5.91 Å². The molecule has 1 atom stereocenters. The number of aromatic nitrogens is 3. The minimum Gasteiger partial charge on any atom is -0.384 e. The average Bonchev–Trinajstić information content (AvgIpc) is 2.80. The van der Waals surface area contributed by atoms with E-state index in [9.17, 15) is 23.2 Å². The SMILES string of the molecule is Cc1cc(N)nc(-c2cc3ncnc(N4CCN(C(=O)C5=CCC5)C(C#N)C4)c3cc2Cl)c1C(F)(F)F. The standard InChI is InChI=1S/C25H21ClF3N7O/c1-13-7-20(31)34-22(21(13)25(27,28)29)16-9-19-17(8-18(16)26)23(33-12-32-19)35-5-6-36(15(10-30)11-35)24(37)14-3-2-4-14/h3,7-9,12,15H,2,4-6,11H2,1H3,(H2,31,34). The van der Waals surface area contributed by atoms with Gasteiger partial charge >= 0.3 is 6.18 Å². The summed E-state index contributed by atoms with van der Waals surface area (Å²) >= 11 is 6.52. The summed E-state index contributed by atoms with van der Waals surface area (Å²) in [6.45, 7) is 2.27. The number of nitrogens with zero attached hydrogens (tertiary/aromatic N) is 6. The summed E-state index contributed by atoms with van der Waals surface area (Å²) in [5, 5.41) is 10.3. The second-order valence-corrected chi connectivity index (χ2v) is 9.40. The van der Waals surface area contributed by atoms with Gasteiger partial charge in [-0.2, -0.15) is 18.4 Å². The number of benzene rings is 1. The number of nitrogen functional groups attached to an aromatic ring is 1. The van der Waals surface area contributed by atoms with E-state index < -0.39 is 17.8 Å². The van der Waals surface area contributed by atoms with Crippen LogP contribution in [0.25, 0.3) is 22.2 Å². The van der Waals surface area contributed by atoms with E-state index in [1.54, 1.807) is 4.90 Å². The molecule has 2 N–H and O–H groups in total. The van der Waals surface area contributed by atoms with Crippen molar-refractivity contribution in [1.82, 2.24) is 19.9 Å². The first kappa shape index (κ1) is 24.8. The lowest BCUT2D eigenvalue weighted by atomic mass is 9.96. The predicted molar refractivity (Wildman–Crippen MR) is 133 cm³/mol. The van der Waals surface area contributed by atoms with Gasteiger partial charge < -0.3 is 15.5 Å². The van der Waals surface area contributed by atoms with E-state index in [-0.39, 0.29) is 40.1 Å². The molecule has 37 heavy (non-hydrogen) atoms. The van der Waals surface area contributed by atoms with E-state index >= 15 is 0 Å². The zero-order valence-corrected chi connectivity index (χ0v) is 20.4. The Labute approximate surface area is 215 Å². The maximum absolute atomic E-state index is 13.9. The number of nitrogens with two attached hydrogens (primary N) is 1. The second-order valence-electron chi connectivity index (χ2n) is 8.99. The molecule has 1 aromatic carbocycles. The molecule has 0 spiro atoms. The molecule has 3 aromatic rings. The van der Waals surface area contributed by atoms with Crippen LogP contribution in [0.1, 0.15) is 24.0 Å². The number of carbonyl (C=O) groups excluding carboxylic acids is 1. The van der Waals surface area contributed by atoms with Crippen molar-refractivity contribution in [3.05, 3.63) is 52.3 Å². The lowest BCUT2D eigenvalue weighted by Crippen LogP contribution is -2.55. The van der Waals surface area contributed by atoms with Gasteiger partial charge in [-0.15, -0.1) is 0 Å². The van der Waals surface area contributed by atoms with Crippen LogP contribution in [0.4, 0.5) is 24.8 Å². The Balaban J connectivity index is 1.54. The van der Waals surface area contributed by atoms with Gasteiger partial charge in [0.2, 0.25) is 0 Å². The number of fused-ring (bicyclic) bond motifs is 1. The van der Waals surface area contributed by atoms with Crippen molar-refractivity contribution in [2.24, 2.45) is 0 Å². The summed E-state index contributed by atoms with van der Waals surface area (Å²) in [7, 11) is 0. The molecule has 0 saturated carbocycles. The maximum atomic E-state index is 13.9. The lowest BCUT2D eigenvalue weighted by Gasteiger charge is -2.40. The zero-order valence-electron chi connectivity index (χ0n) is 19.7. The molecule has 190 valence electrons. The molecule has 1 fully saturated rings. The van der Waals surface area contributed by atoms with Crippen LogP contribution < -0.4 is 10.6 Å². The third-order valence-electron chi connectivity index (χ3n) is 6.65. The lowest BCUT2D eigenvalue weighted by molar-refractivity contribution is -0.137. The summed E-state index contributed by atoms with van der Waals surface area (Å²) in [6.07, 6.45) is 0.0843. The first-order valence-electron chi connectivity index (χ1n) is 11.5. The van der Waals surface area contributed by atoms with Crippen LogP contribution >= 0.6 is 11.6 Å². The number of nitriles is 1. The smallest absolute Gasteiger partial charge is 0.384 e. The number of carbonyl (C=O) groups is 1. The molecular formula is C25H21ClF3N7O. The van der Waals surface area contributed by atoms with Crippen molar-refractivity contribution in [2.45, 2.75) is 32.0 Å². The van der Waals surface area contributed by atoms with Crippen LogP contribution in [0.3, 0.4) is 0 Å². The van der Waals surface area contributed by atoms with Gasteiger partial charge in [-0.1, -0.05) is 17.7 Å². The number of allylic oxidation sites excluding steroid dienone is 1. The normalized spacial score (nSPS) is 17.8. The number of anilines is 2. The van der Waals surface area contributed by atoms with Crippen molar-refractivity contribution in [1.29, 1.82) is 5.26 Å². The molecule has 1 aliphatic carbocycles. The summed E-state index contributed by atoms with van der Waals surface area (Å²) in [6, 6.07) is 5.61. The topological polar surface area (TPSA) is 112 Å². The van der Waals surface area contributed by atoms with E-state index in [2.05, 4.69) is 21.0 Å². The van der Waals surface area contributed by atoms with Crippen molar-refractivity contribution in [2.75, 3.05) is 30.3 Å². The summed E-state index contributed by atoms with van der Waals surface area (Å²) in [5.41, 5.74) is 5.53. The van der Waals surface area contributed by atoms with Crippen LogP contribution in [0.5, 0.6) is 0 Å². The number of piperazine rings is 1. The molecular weight excluding hydrogens is 507 g/mol. The predicted octanol–water partition coefficient (Wildman–Crippen LogP) is 4.52. The highest BCUT2D eigenvalue weighted by Gasteiger charge is 2.38. The quantitative estimate of drug-likeness (QED) is 0.533. The summed E-state index contributed by atoms with van der Waals surface area (Å²) < 4.78 is 41.7. The van der Waals surface area contributed by atoms with Crippen LogP contribution in [0.15, 0.2) is 36.2 Å². The summed E-state index contributed by atoms with van der Waals surface area (Å²) in [4.78, 5) is 28.7. The Bertz CT molecular complexity index is 1500. The van der Waals surface area contributed by atoms with E-state index in [1.165, 1.54) is 31.5 Å². The number of amides is 1. The van der Waals surface area contributed by atoms with Crippen LogP contribution in [0, 0.1) is 18.3 Å². The molecule has 1 aliphatic heterocycles. The number of aryl methyl sites for hydroxylation is 1. The van der Waals surface area contributed by atoms with Crippen molar-refractivity contribution < 1.29 is 18.0 Å². The van der Waals surface area contributed by atoms with Gasteiger partial charge in [0.15, 0.2) is 0 Å². The highest BCUT2D eigenvalue weighted by atomic mass is 35.5. The average molecular weight is 528 g/mol. The van der Waals surface area contributed by atoms with Gasteiger partial charge in [-0.25, -0.2) is 15.0 Å². The summed E-state index contributed by atoms with van der Waals surface area (Å²) in [5.74, 6) is 0.289. The highest BCUT2D eigenvalue weighted by Crippen LogP contribution is 2.42. The third kappa shape index (κ3) is 4.42. The fourth-order valence-electron chi connectivity index (χ4n) is 4.74. The Morgan fingerprint density at radius 3 is 2.65 bits per heavy atom. The minimum absolute atomic E-state index is 0.0223. The highest BCUT2D eigenvalue weighted by molar-refractivity contribution is 6.34. The first-order valence-corrected chi connectivity index (χ1v) is 11.9. The number of hydrogen-bond acceptors (Lipinski definition) is 7. The van der Waals surface area contributed by atoms with Crippen LogP contribution in [0.2, 0.25) is 5.02 Å². The Kier molecular flexibility index (Phi) is 6.15. The first-order chi connectivity index (χ1) is 17.6. The van der Waals surface area contributed by atoms with Crippen molar-refractivity contribution in [3.8, 4) is 17.3 Å². The van der Waals surface area contributed by atoms with E-state index in [4.69, 9.17) is 17.3 Å². The molecule has 1 unspecified atom stereocenters. The second kappa shape index (κ2) is 9.19. The van der Waals surface area contributed by atoms with Crippen molar-refractivity contribution >= 4 is 40.0 Å². The maximum Gasteiger partial charge on any atom is 0.418 e. The molecule has 3 heterocycles. The number of alkyl halides is 3. The molecule has 1 saturated heterocycles. The van der Waals surface area contributed by atoms with Crippen LogP contribution in [-0.4, -0.2) is 51.4 Å².